The molecule has 132 valence electrons. The number of urea groups is 1. The van der Waals surface area contributed by atoms with Crippen molar-refractivity contribution in [3.05, 3.63) is 35.9 Å². The molecule has 0 aromatic heterocycles. The number of hydrogen-bond donors (Lipinski definition) is 2. The average Bonchev–Trinajstić information content (AvgIpc) is 2.60. The zero-order valence-electron chi connectivity index (χ0n) is 14.6. The van der Waals surface area contributed by atoms with Crippen LogP contribution >= 0.6 is 0 Å². The molecule has 24 heavy (non-hydrogen) atoms. The fourth-order valence-corrected chi connectivity index (χ4v) is 3.00. The Kier molecular flexibility index (Phi) is 6.61. The number of carbonyl (C=O) groups is 2. The first-order valence-electron chi connectivity index (χ1n) is 8.62. The molecule has 2 unspecified atom stereocenters. The number of nitrogens with one attached hydrogen (secondary N) is 1. The number of nitrogens with zero attached hydrogens (tertiary/aromatic N) is 2. The fourth-order valence-electron chi connectivity index (χ4n) is 3.00. The summed E-state index contributed by atoms with van der Waals surface area (Å²) in [7, 11) is 0. The first-order valence-corrected chi connectivity index (χ1v) is 8.62. The molecule has 1 saturated heterocycles. The van der Waals surface area contributed by atoms with Crippen molar-refractivity contribution < 1.29 is 9.59 Å². The van der Waals surface area contributed by atoms with Gasteiger partial charge in [0, 0.05) is 32.7 Å². The highest BCUT2D eigenvalue weighted by Crippen LogP contribution is 2.14. The van der Waals surface area contributed by atoms with Crippen LogP contribution in [-0.4, -0.2) is 54.0 Å². The molecule has 0 saturated carbocycles. The van der Waals surface area contributed by atoms with E-state index in [4.69, 9.17) is 5.73 Å². The molecule has 0 spiro atoms. The molecule has 1 aromatic carbocycles. The third-order valence-corrected chi connectivity index (χ3v) is 4.71. The fraction of sp³-hybridized carbons (Fsp3) is 0.556. The van der Waals surface area contributed by atoms with E-state index in [-0.39, 0.29) is 11.8 Å². The van der Waals surface area contributed by atoms with Crippen LogP contribution in [0.2, 0.25) is 0 Å². The summed E-state index contributed by atoms with van der Waals surface area (Å²) in [6.45, 7) is 7.90. The van der Waals surface area contributed by atoms with Crippen molar-refractivity contribution in [3.63, 3.8) is 0 Å². The van der Waals surface area contributed by atoms with Crippen molar-refractivity contribution in [1.29, 1.82) is 0 Å². The predicted molar refractivity (Wildman–Crippen MR) is 94.3 cm³/mol. The third-order valence-electron chi connectivity index (χ3n) is 4.71. The van der Waals surface area contributed by atoms with E-state index >= 15 is 0 Å². The summed E-state index contributed by atoms with van der Waals surface area (Å²) in [6.07, 6.45) is 0.810. The molecule has 1 aliphatic heterocycles. The molecular weight excluding hydrogens is 304 g/mol. The van der Waals surface area contributed by atoms with Crippen LogP contribution in [0.3, 0.4) is 0 Å². The highest BCUT2D eigenvalue weighted by atomic mass is 16.2. The molecular formula is C18H28N4O2. The highest BCUT2D eigenvalue weighted by molar-refractivity contribution is 5.87. The van der Waals surface area contributed by atoms with Gasteiger partial charge < -0.3 is 16.0 Å². The van der Waals surface area contributed by atoms with Gasteiger partial charge in [0.05, 0.1) is 0 Å². The lowest BCUT2D eigenvalue weighted by atomic mass is 9.97. The summed E-state index contributed by atoms with van der Waals surface area (Å²) in [4.78, 5) is 28.1. The summed E-state index contributed by atoms with van der Waals surface area (Å²) < 4.78 is 0. The zero-order chi connectivity index (χ0) is 17.5. The number of primary amides is 1. The Balaban J connectivity index is 1.89. The minimum Gasteiger partial charge on any atom is -0.352 e. The van der Waals surface area contributed by atoms with Crippen molar-refractivity contribution in [2.24, 2.45) is 11.7 Å². The third kappa shape index (κ3) is 4.96. The molecule has 0 bridgehead atoms. The number of benzene rings is 1. The van der Waals surface area contributed by atoms with Gasteiger partial charge in [0.2, 0.25) is 5.91 Å². The first-order chi connectivity index (χ1) is 11.5. The maximum absolute atomic E-state index is 12.7. The summed E-state index contributed by atoms with van der Waals surface area (Å²) in [5, 5.41) is 2.61. The Labute approximate surface area is 144 Å². The van der Waals surface area contributed by atoms with Gasteiger partial charge in [-0.25, -0.2) is 4.79 Å². The first kappa shape index (κ1) is 18.3. The van der Waals surface area contributed by atoms with E-state index in [0.717, 1.165) is 26.1 Å². The van der Waals surface area contributed by atoms with E-state index in [2.05, 4.69) is 22.3 Å². The molecule has 1 aromatic rings. The van der Waals surface area contributed by atoms with E-state index in [1.54, 1.807) is 0 Å². The Hall–Kier alpha value is -2.08. The summed E-state index contributed by atoms with van der Waals surface area (Å²) in [6, 6.07) is 9.16. The van der Waals surface area contributed by atoms with Gasteiger partial charge in [-0.05, 0) is 11.5 Å². The lowest BCUT2D eigenvalue weighted by molar-refractivity contribution is -0.136. The monoisotopic (exact) mass is 332 g/mol. The minimum atomic E-state index is -0.642. The number of nitrogens with two attached hydrogens (primary N) is 1. The van der Waals surface area contributed by atoms with Crippen LogP contribution < -0.4 is 11.1 Å². The summed E-state index contributed by atoms with van der Waals surface area (Å²) >= 11 is 0. The van der Waals surface area contributed by atoms with Gasteiger partial charge in [-0.1, -0.05) is 50.6 Å². The van der Waals surface area contributed by atoms with Crippen molar-refractivity contribution in [2.45, 2.75) is 32.9 Å². The molecule has 6 nitrogen and oxygen atoms in total. The molecule has 2 atom stereocenters. The van der Waals surface area contributed by atoms with Gasteiger partial charge in [0.25, 0.3) is 0 Å². The molecule has 1 heterocycles. The van der Waals surface area contributed by atoms with Crippen LogP contribution in [-0.2, 0) is 11.3 Å². The SMILES string of the molecule is CCC(C)C(NC(N)=O)C(=O)N1CCN(Cc2ccccc2)CC1. The van der Waals surface area contributed by atoms with Crippen LogP contribution in [0.5, 0.6) is 0 Å². The number of rotatable bonds is 6. The maximum Gasteiger partial charge on any atom is 0.312 e. The number of carbonyl (C=O) groups excluding carboxylic acids is 2. The number of piperazine rings is 1. The van der Waals surface area contributed by atoms with E-state index < -0.39 is 12.1 Å². The molecule has 6 heteroatoms. The van der Waals surface area contributed by atoms with Crippen molar-refractivity contribution in [1.82, 2.24) is 15.1 Å². The maximum atomic E-state index is 12.7. The highest BCUT2D eigenvalue weighted by Gasteiger charge is 2.31. The van der Waals surface area contributed by atoms with E-state index in [1.165, 1.54) is 5.56 Å². The van der Waals surface area contributed by atoms with Crippen LogP contribution in [0.25, 0.3) is 0 Å². The normalized spacial score (nSPS) is 18.0. The van der Waals surface area contributed by atoms with Crippen LogP contribution in [0.4, 0.5) is 4.79 Å². The van der Waals surface area contributed by atoms with Gasteiger partial charge >= 0.3 is 6.03 Å². The number of hydrogen-bond acceptors (Lipinski definition) is 3. The van der Waals surface area contributed by atoms with E-state index in [1.807, 2.05) is 36.9 Å². The summed E-state index contributed by atoms with van der Waals surface area (Å²) in [5.74, 6) is 0.0369. The van der Waals surface area contributed by atoms with Crippen LogP contribution in [0, 0.1) is 5.92 Å². The van der Waals surface area contributed by atoms with E-state index in [9.17, 15) is 9.59 Å². The lowest BCUT2D eigenvalue weighted by Crippen LogP contribution is -2.57. The second-order valence-electron chi connectivity index (χ2n) is 6.46. The molecule has 2 rings (SSSR count). The second kappa shape index (κ2) is 8.68. The second-order valence-corrected chi connectivity index (χ2v) is 6.46. The van der Waals surface area contributed by atoms with Crippen molar-refractivity contribution in [2.75, 3.05) is 26.2 Å². The van der Waals surface area contributed by atoms with E-state index in [0.29, 0.717) is 13.1 Å². The molecule has 3 amide bonds. The molecule has 3 N–H and O–H groups in total. The number of amides is 3. The molecule has 0 radical (unpaired) electrons. The molecule has 0 aliphatic carbocycles. The smallest absolute Gasteiger partial charge is 0.312 e. The van der Waals surface area contributed by atoms with Gasteiger partial charge in [0.1, 0.15) is 6.04 Å². The Morgan fingerprint density at radius 2 is 1.79 bits per heavy atom. The Morgan fingerprint density at radius 3 is 2.33 bits per heavy atom. The molecule has 1 aliphatic rings. The standard InChI is InChI=1S/C18H28N4O2/c1-3-14(2)16(20-18(19)24)17(23)22-11-9-21(10-12-22)13-15-7-5-4-6-8-15/h4-8,14,16H,3,9-13H2,1-2H3,(H3,19,20,24). The average molecular weight is 332 g/mol. The van der Waals surface area contributed by atoms with Crippen LogP contribution in [0.15, 0.2) is 30.3 Å². The largest absolute Gasteiger partial charge is 0.352 e. The van der Waals surface area contributed by atoms with Gasteiger partial charge in [-0.3, -0.25) is 9.69 Å². The Morgan fingerprint density at radius 1 is 1.17 bits per heavy atom. The quantitative estimate of drug-likeness (QED) is 0.827. The molecule has 1 fully saturated rings. The Bertz CT molecular complexity index is 541. The minimum absolute atomic E-state index is 0.0255. The van der Waals surface area contributed by atoms with Crippen molar-refractivity contribution in [3.8, 4) is 0 Å². The van der Waals surface area contributed by atoms with Gasteiger partial charge in [-0.2, -0.15) is 0 Å². The predicted octanol–water partition coefficient (Wildman–Crippen LogP) is 1.41. The van der Waals surface area contributed by atoms with Crippen LogP contribution in [0.1, 0.15) is 25.8 Å². The topological polar surface area (TPSA) is 78.7 Å². The summed E-state index contributed by atoms with van der Waals surface area (Å²) in [5.41, 5.74) is 6.51. The van der Waals surface area contributed by atoms with Gasteiger partial charge in [-0.15, -0.1) is 0 Å². The van der Waals surface area contributed by atoms with Gasteiger partial charge in [0.15, 0.2) is 0 Å². The van der Waals surface area contributed by atoms with Crippen molar-refractivity contribution >= 4 is 11.9 Å². The zero-order valence-corrected chi connectivity index (χ0v) is 14.6. The lowest BCUT2D eigenvalue weighted by Gasteiger charge is -2.37.